The maximum atomic E-state index is 12.5. The van der Waals surface area contributed by atoms with E-state index in [1.165, 1.54) is 11.3 Å². The molecule has 0 spiro atoms. The Balaban J connectivity index is 1.91. The number of carbonyl (C=O) groups is 1. The third-order valence-corrected chi connectivity index (χ3v) is 4.73. The van der Waals surface area contributed by atoms with Crippen molar-refractivity contribution in [3.63, 3.8) is 0 Å². The molecule has 0 saturated heterocycles. The van der Waals surface area contributed by atoms with Crippen molar-refractivity contribution in [3.8, 4) is 0 Å². The first-order valence-electron chi connectivity index (χ1n) is 6.75. The van der Waals surface area contributed by atoms with Gasteiger partial charge in [0.2, 0.25) is 0 Å². The lowest BCUT2D eigenvalue weighted by atomic mass is 10.0. The van der Waals surface area contributed by atoms with Gasteiger partial charge in [0.25, 0.3) is 5.91 Å². The number of aromatic nitrogens is 1. The Hall–Kier alpha value is -1.98. The van der Waals surface area contributed by atoms with E-state index in [2.05, 4.69) is 26.2 Å². The summed E-state index contributed by atoms with van der Waals surface area (Å²) in [4.78, 5) is 16.8. The predicted molar refractivity (Wildman–Crippen MR) is 92.0 cm³/mol. The quantitative estimate of drug-likeness (QED) is 0.736. The highest BCUT2D eigenvalue weighted by atomic mass is 79.9. The molecule has 0 saturated carbocycles. The largest absolute Gasteiger partial charge is 0.340 e. The highest BCUT2D eigenvalue weighted by Gasteiger charge is 2.19. The topological polar surface area (TPSA) is 42.0 Å². The molecule has 0 radical (unpaired) electrons. The van der Waals surface area contributed by atoms with Gasteiger partial charge in [-0.05, 0) is 39.7 Å². The van der Waals surface area contributed by atoms with Crippen LogP contribution in [-0.4, -0.2) is 10.9 Å². The first kappa shape index (κ1) is 14.9. The number of rotatable bonds is 4. The summed E-state index contributed by atoms with van der Waals surface area (Å²) in [7, 11) is 0. The molecule has 22 heavy (non-hydrogen) atoms. The van der Waals surface area contributed by atoms with Gasteiger partial charge in [-0.1, -0.05) is 36.4 Å². The van der Waals surface area contributed by atoms with E-state index in [-0.39, 0.29) is 11.9 Å². The van der Waals surface area contributed by atoms with Crippen LogP contribution in [0.2, 0.25) is 0 Å². The van der Waals surface area contributed by atoms with Crippen molar-refractivity contribution < 1.29 is 4.79 Å². The molecule has 3 aromatic rings. The van der Waals surface area contributed by atoms with E-state index in [0.29, 0.717) is 5.56 Å². The zero-order chi connectivity index (χ0) is 15.4. The molecule has 0 fully saturated rings. The van der Waals surface area contributed by atoms with Gasteiger partial charge < -0.3 is 5.32 Å². The molecule has 0 bridgehead atoms. The number of hydrogen-bond donors (Lipinski definition) is 1. The van der Waals surface area contributed by atoms with E-state index >= 15 is 0 Å². The molecular weight excluding hydrogens is 360 g/mol. The maximum Gasteiger partial charge on any atom is 0.252 e. The van der Waals surface area contributed by atoms with Crippen LogP contribution in [0.25, 0.3) is 0 Å². The molecule has 0 aliphatic rings. The molecule has 110 valence electrons. The number of hydrogen-bond acceptors (Lipinski definition) is 3. The minimum Gasteiger partial charge on any atom is -0.340 e. The lowest BCUT2D eigenvalue weighted by Crippen LogP contribution is -2.29. The van der Waals surface area contributed by atoms with Crippen molar-refractivity contribution in [1.82, 2.24) is 10.3 Å². The average Bonchev–Trinajstić information content (AvgIpc) is 3.01. The van der Waals surface area contributed by atoms with Crippen LogP contribution in [-0.2, 0) is 0 Å². The second-order valence-corrected chi connectivity index (χ2v) is 7.00. The van der Waals surface area contributed by atoms with Crippen molar-refractivity contribution in [1.29, 1.82) is 0 Å². The molecule has 1 N–H and O–H groups in total. The summed E-state index contributed by atoms with van der Waals surface area (Å²) < 4.78 is 0.937. The van der Waals surface area contributed by atoms with Crippen LogP contribution in [0.1, 0.15) is 27.7 Å². The van der Waals surface area contributed by atoms with Gasteiger partial charge in [0.1, 0.15) is 0 Å². The number of halogens is 1. The highest BCUT2D eigenvalue weighted by Crippen LogP contribution is 2.23. The van der Waals surface area contributed by atoms with Crippen LogP contribution >= 0.6 is 27.3 Å². The highest BCUT2D eigenvalue weighted by molar-refractivity contribution is 9.11. The first-order valence-corrected chi connectivity index (χ1v) is 8.42. The van der Waals surface area contributed by atoms with Gasteiger partial charge >= 0.3 is 0 Å². The minimum atomic E-state index is -0.270. The summed E-state index contributed by atoms with van der Waals surface area (Å²) in [6.45, 7) is 0. The van der Waals surface area contributed by atoms with Crippen LogP contribution in [0.5, 0.6) is 0 Å². The number of nitrogens with zero attached hydrogens (tertiary/aromatic N) is 1. The molecule has 0 aliphatic carbocycles. The number of thiophene rings is 1. The second-order valence-electron chi connectivity index (χ2n) is 4.71. The number of pyridine rings is 1. The fraction of sp³-hybridized carbons (Fsp3) is 0.0588. The molecular formula is C17H13BrN2OS. The lowest BCUT2D eigenvalue weighted by Gasteiger charge is -2.18. The van der Waals surface area contributed by atoms with Crippen LogP contribution in [0, 0.1) is 0 Å². The first-order chi connectivity index (χ1) is 10.7. The SMILES string of the molecule is O=C(NC(c1ccccc1)c1ccccn1)c1csc(Br)c1. The van der Waals surface area contributed by atoms with Gasteiger partial charge in [0, 0.05) is 11.6 Å². The zero-order valence-corrected chi connectivity index (χ0v) is 14.0. The summed E-state index contributed by atoms with van der Waals surface area (Å²) in [6.07, 6.45) is 1.73. The molecule has 1 amide bonds. The molecule has 1 atom stereocenters. The Bertz CT molecular complexity index is 719. The smallest absolute Gasteiger partial charge is 0.252 e. The summed E-state index contributed by atoms with van der Waals surface area (Å²) in [6, 6.07) is 17.1. The Morgan fingerprint density at radius 3 is 2.55 bits per heavy atom. The number of nitrogens with one attached hydrogen (secondary N) is 1. The number of amides is 1. The Kier molecular flexibility index (Phi) is 4.65. The van der Waals surface area contributed by atoms with Crippen molar-refractivity contribution in [2.24, 2.45) is 0 Å². The van der Waals surface area contributed by atoms with E-state index in [1.54, 1.807) is 6.20 Å². The normalized spacial score (nSPS) is 11.9. The zero-order valence-electron chi connectivity index (χ0n) is 11.6. The monoisotopic (exact) mass is 372 g/mol. The van der Waals surface area contributed by atoms with Crippen LogP contribution < -0.4 is 5.32 Å². The third kappa shape index (κ3) is 3.43. The minimum absolute atomic E-state index is 0.110. The van der Waals surface area contributed by atoms with E-state index in [0.717, 1.165) is 15.0 Å². The van der Waals surface area contributed by atoms with Crippen molar-refractivity contribution >= 4 is 33.2 Å². The molecule has 2 aromatic heterocycles. The van der Waals surface area contributed by atoms with Crippen LogP contribution in [0.4, 0.5) is 0 Å². The van der Waals surface area contributed by atoms with Crippen LogP contribution in [0.15, 0.2) is 70.0 Å². The molecule has 3 rings (SSSR count). The number of carbonyl (C=O) groups excluding carboxylic acids is 1. The fourth-order valence-electron chi connectivity index (χ4n) is 2.16. The van der Waals surface area contributed by atoms with Crippen molar-refractivity contribution in [2.75, 3.05) is 0 Å². The van der Waals surface area contributed by atoms with Gasteiger partial charge in [-0.2, -0.15) is 0 Å². The second kappa shape index (κ2) is 6.85. The molecule has 1 aromatic carbocycles. The van der Waals surface area contributed by atoms with Crippen molar-refractivity contribution in [3.05, 3.63) is 86.8 Å². The Morgan fingerprint density at radius 2 is 1.91 bits per heavy atom. The summed E-state index contributed by atoms with van der Waals surface area (Å²) in [5, 5.41) is 4.90. The van der Waals surface area contributed by atoms with E-state index in [9.17, 15) is 4.79 Å². The molecule has 3 nitrogen and oxygen atoms in total. The van der Waals surface area contributed by atoms with Gasteiger partial charge in [0.05, 0.1) is 21.1 Å². The number of benzene rings is 1. The predicted octanol–water partition coefficient (Wildman–Crippen LogP) is 4.43. The van der Waals surface area contributed by atoms with Crippen LogP contribution in [0.3, 0.4) is 0 Å². The fourth-order valence-corrected chi connectivity index (χ4v) is 3.30. The summed E-state index contributed by atoms with van der Waals surface area (Å²) in [5.74, 6) is -0.110. The third-order valence-electron chi connectivity index (χ3n) is 3.22. The molecule has 1 unspecified atom stereocenters. The van der Waals surface area contributed by atoms with Crippen molar-refractivity contribution in [2.45, 2.75) is 6.04 Å². The van der Waals surface area contributed by atoms with Gasteiger partial charge in [-0.15, -0.1) is 11.3 Å². The van der Waals surface area contributed by atoms with E-state index < -0.39 is 0 Å². The molecule has 0 aliphatic heterocycles. The summed E-state index contributed by atoms with van der Waals surface area (Å²) in [5.41, 5.74) is 2.47. The summed E-state index contributed by atoms with van der Waals surface area (Å²) >= 11 is 4.87. The molecule has 5 heteroatoms. The van der Waals surface area contributed by atoms with E-state index in [1.807, 2.05) is 60.0 Å². The molecule has 2 heterocycles. The van der Waals surface area contributed by atoms with Gasteiger partial charge in [0.15, 0.2) is 0 Å². The maximum absolute atomic E-state index is 12.5. The Morgan fingerprint density at radius 1 is 1.14 bits per heavy atom. The standard InChI is InChI=1S/C17H13BrN2OS/c18-15-10-13(11-22-15)17(21)20-16(12-6-2-1-3-7-12)14-8-4-5-9-19-14/h1-11,16H,(H,20,21). The lowest BCUT2D eigenvalue weighted by molar-refractivity contribution is 0.0942. The average molecular weight is 373 g/mol. The van der Waals surface area contributed by atoms with Gasteiger partial charge in [-0.3, -0.25) is 9.78 Å². The van der Waals surface area contributed by atoms with E-state index in [4.69, 9.17) is 0 Å². The van der Waals surface area contributed by atoms with Gasteiger partial charge in [-0.25, -0.2) is 0 Å². The Labute approximate surface area is 141 Å².